The lowest BCUT2D eigenvalue weighted by Gasteiger charge is -2.19. The van der Waals surface area contributed by atoms with Crippen LogP contribution < -0.4 is 4.90 Å². The summed E-state index contributed by atoms with van der Waals surface area (Å²) in [7, 11) is 0. The molecule has 1 aliphatic carbocycles. The maximum atomic E-state index is 12.5. The van der Waals surface area contributed by atoms with Crippen LogP contribution in [0.2, 0.25) is 15.1 Å². The second-order valence-corrected chi connectivity index (χ2v) is 6.45. The summed E-state index contributed by atoms with van der Waals surface area (Å²) in [5.41, 5.74) is 0.338. The Morgan fingerprint density at radius 3 is 1.90 bits per heavy atom. The summed E-state index contributed by atoms with van der Waals surface area (Å²) < 4.78 is 0. The zero-order chi connectivity index (χ0) is 14.4. The van der Waals surface area contributed by atoms with Crippen LogP contribution >= 0.6 is 34.8 Å². The molecule has 1 saturated carbocycles. The average molecular weight is 333 g/mol. The Morgan fingerprint density at radius 2 is 1.35 bits per heavy atom. The van der Waals surface area contributed by atoms with E-state index in [1.54, 1.807) is 0 Å². The van der Waals surface area contributed by atoms with Crippen molar-refractivity contribution >= 4 is 52.3 Å². The summed E-state index contributed by atoms with van der Waals surface area (Å²) in [6.45, 7) is 0. The molecule has 2 fully saturated rings. The van der Waals surface area contributed by atoms with E-state index in [-0.39, 0.29) is 33.7 Å². The Labute approximate surface area is 131 Å². The average Bonchev–Trinajstić information content (AvgIpc) is 2.68. The highest BCUT2D eigenvalue weighted by Gasteiger charge is 2.49. The number of halogens is 3. The van der Waals surface area contributed by atoms with Crippen molar-refractivity contribution in [3.05, 3.63) is 27.2 Å². The number of carbonyl (C=O) groups excluding carboxylic acids is 2. The molecule has 0 radical (unpaired) electrons. The molecule has 0 bridgehead atoms. The first-order valence-electron chi connectivity index (χ1n) is 6.53. The molecule has 2 atom stereocenters. The largest absolute Gasteiger partial charge is 0.274 e. The van der Waals surface area contributed by atoms with Gasteiger partial charge in [-0.15, -0.1) is 0 Å². The Balaban J connectivity index is 2.04. The summed E-state index contributed by atoms with van der Waals surface area (Å²) in [5.74, 6) is -0.747. The highest BCUT2D eigenvalue weighted by molar-refractivity contribution is 6.44. The van der Waals surface area contributed by atoms with Gasteiger partial charge in [0, 0.05) is 0 Å². The van der Waals surface area contributed by atoms with Crippen molar-refractivity contribution < 1.29 is 9.59 Å². The fourth-order valence-electron chi connectivity index (χ4n) is 3.08. The number of carbonyl (C=O) groups is 2. The third kappa shape index (κ3) is 2.12. The van der Waals surface area contributed by atoms with Crippen LogP contribution in [-0.2, 0) is 9.59 Å². The highest BCUT2D eigenvalue weighted by Crippen LogP contribution is 2.43. The fourth-order valence-corrected chi connectivity index (χ4v) is 3.71. The first kappa shape index (κ1) is 14.2. The zero-order valence-corrected chi connectivity index (χ0v) is 12.8. The minimum atomic E-state index is -0.207. The molecule has 0 N–H and O–H groups in total. The van der Waals surface area contributed by atoms with E-state index >= 15 is 0 Å². The van der Waals surface area contributed by atoms with Crippen molar-refractivity contribution in [1.82, 2.24) is 0 Å². The number of hydrogen-bond donors (Lipinski definition) is 0. The van der Waals surface area contributed by atoms with Crippen molar-refractivity contribution in [3.63, 3.8) is 0 Å². The monoisotopic (exact) mass is 331 g/mol. The van der Waals surface area contributed by atoms with Gasteiger partial charge in [-0.1, -0.05) is 47.6 Å². The van der Waals surface area contributed by atoms with Crippen molar-refractivity contribution in [3.8, 4) is 0 Å². The number of rotatable bonds is 1. The van der Waals surface area contributed by atoms with E-state index in [4.69, 9.17) is 34.8 Å². The molecule has 0 spiro atoms. The summed E-state index contributed by atoms with van der Waals surface area (Å²) in [6.07, 6.45) is 3.52. The molecule has 1 aromatic carbocycles. The van der Waals surface area contributed by atoms with E-state index in [1.807, 2.05) is 0 Å². The van der Waals surface area contributed by atoms with E-state index < -0.39 is 0 Å². The van der Waals surface area contributed by atoms with Gasteiger partial charge in [0.15, 0.2) is 0 Å². The lowest BCUT2D eigenvalue weighted by Crippen LogP contribution is -2.31. The predicted octanol–water partition coefficient (Wildman–Crippen LogP) is 4.33. The van der Waals surface area contributed by atoms with Gasteiger partial charge < -0.3 is 0 Å². The van der Waals surface area contributed by atoms with E-state index in [1.165, 1.54) is 17.0 Å². The van der Waals surface area contributed by atoms with Crippen molar-refractivity contribution in [2.75, 3.05) is 4.90 Å². The molecule has 2 amide bonds. The Morgan fingerprint density at radius 1 is 0.850 bits per heavy atom. The van der Waals surface area contributed by atoms with Crippen LogP contribution in [0.4, 0.5) is 5.69 Å². The lowest BCUT2D eigenvalue weighted by atomic mass is 9.81. The predicted molar refractivity (Wildman–Crippen MR) is 79.4 cm³/mol. The standard InChI is InChI=1S/C14H12Cl3NO2/c15-9-5-11(17)12(6-10(9)16)18-13(19)7-3-1-2-4-8(7)14(18)20/h5-8H,1-4H2. The molecule has 2 aliphatic rings. The fraction of sp³-hybridized carbons (Fsp3) is 0.429. The van der Waals surface area contributed by atoms with E-state index in [0.29, 0.717) is 10.7 Å². The van der Waals surface area contributed by atoms with Gasteiger partial charge in [-0.3, -0.25) is 9.59 Å². The second-order valence-electron chi connectivity index (χ2n) is 5.23. The van der Waals surface area contributed by atoms with E-state index in [9.17, 15) is 9.59 Å². The number of anilines is 1. The van der Waals surface area contributed by atoms with Crippen LogP contribution in [-0.4, -0.2) is 11.8 Å². The van der Waals surface area contributed by atoms with Crippen LogP contribution in [0.15, 0.2) is 12.1 Å². The Bertz CT molecular complexity index is 578. The van der Waals surface area contributed by atoms with Crippen LogP contribution in [0.25, 0.3) is 0 Å². The maximum Gasteiger partial charge on any atom is 0.237 e. The molecule has 1 saturated heterocycles. The zero-order valence-electron chi connectivity index (χ0n) is 10.5. The summed E-state index contributed by atoms with van der Waals surface area (Å²) >= 11 is 18.0. The van der Waals surface area contributed by atoms with Gasteiger partial charge in [0.05, 0.1) is 32.6 Å². The molecule has 20 heavy (non-hydrogen) atoms. The van der Waals surface area contributed by atoms with Crippen molar-refractivity contribution in [2.45, 2.75) is 25.7 Å². The van der Waals surface area contributed by atoms with Gasteiger partial charge in [0.2, 0.25) is 11.8 Å². The SMILES string of the molecule is O=C1C2CCCCC2C(=O)N1c1cc(Cl)c(Cl)cc1Cl. The van der Waals surface area contributed by atoms with Crippen LogP contribution in [0.3, 0.4) is 0 Å². The van der Waals surface area contributed by atoms with Gasteiger partial charge in [0.25, 0.3) is 0 Å². The summed E-state index contributed by atoms with van der Waals surface area (Å²) in [5, 5.41) is 0.846. The third-order valence-corrected chi connectivity index (χ3v) is 5.10. The van der Waals surface area contributed by atoms with Crippen LogP contribution in [0, 0.1) is 11.8 Å². The molecular weight excluding hydrogens is 321 g/mol. The molecule has 1 heterocycles. The van der Waals surface area contributed by atoms with Crippen molar-refractivity contribution in [1.29, 1.82) is 0 Å². The molecule has 106 valence electrons. The number of hydrogen-bond acceptors (Lipinski definition) is 2. The topological polar surface area (TPSA) is 37.4 Å². The summed E-state index contributed by atoms with van der Waals surface area (Å²) in [4.78, 5) is 26.1. The van der Waals surface area contributed by atoms with E-state index in [0.717, 1.165) is 25.7 Å². The highest BCUT2D eigenvalue weighted by atomic mass is 35.5. The van der Waals surface area contributed by atoms with Gasteiger partial charge >= 0.3 is 0 Å². The normalized spacial score (nSPS) is 26.1. The first-order valence-corrected chi connectivity index (χ1v) is 7.66. The van der Waals surface area contributed by atoms with Gasteiger partial charge in [-0.25, -0.2) is 4.90 Å². The smallest absolute Gasteiger partial charge is 0.237 e. The van der Waals surface area contributed by atoms with Gasteiger partial charge in [-0.05, 0) is 25.0 Å². The molecule has 1 aromatic rings. The maximum absolute atomic E-state index is 12.5. The number of fused-ring (bicyclic) bond motifs is 1. The lowest BCUT2D eigenvalue weighted by molar-refractivity contribution is -0.122. The van der Waals surface area contributed by atoms with E-state index in [2.05, 4.69) is 0 Å². The Kier molecular flexibility index (Phi) is 3.69. The van der Waals surface area contributed by atoms with Gasteiger partial charge in [-0.2, -0.15) is 0 Å². The quantitative estimate of drug-likeness (QED) is 0.567. The molecule has 6 heteroatoms. The summed E-state index contributed by atoms with van der Waals surface area (Å²) in [6, 6.07) is 2.95. The van der Waals surface area contributed by atoms with Gasteiger partial charge in [0.1, 0.15) is 0 Å². The minimum Gasteiger partial charge on any atom is -0.274 e. The Hall–Kier alpha value is -0.770. The molecule has 3 rings (SSSR count). The molecular formula is C14H12Cl3NO2. The van der Waals surface area contributed by atoms with Crippen LogP contribution in [0.5, 0.6) is 0 Å². The number of imide groups is 1. The third-order valence-electron chi connectivity index (χ3n) is 4.07. The molecule has 3 nitrogen and oxygen atoms in total. The number of nitrogens with zero attached hydrogens (tertiary/aromatic N) is 1. The first-order chi connectivity index (χ1) is 9.50. The number of amides is 2. The molecule has 1 aliphatic heterocycles. The second kappa shape index (κ2) is 5.21. The van der Waals surface area contributed by atoms with Crippen molar-refractivity contribution in [2.24, 2.45) is 11.8 Å². The van der Waals surface area contributed by atoms with Crippen LogP contribution in [0.1, 0.15) is 25.7 Å². The minimum absolute atomic E-state index is 0.167. The molecule has 2 unspecified atom stereocenters. The molecule has 0 aromatic heterocycles. The number of benzene rings is 1.